The Bertz CT molecular complexity index is 870. The standard InChI is InChI=1S/C22H27NO6/c1-11(2)28-21(24)18-13(5)23-14(6)19(22(25)29-12(3)4)20(18)15-7-8-16-17(9-15)27-10-26-16/h7-9,11-12,18,20,23H,5,10H2,1-4,6H3. The Balaban J connectivity index is 2.12. The molecule has 3 rings (SSSR count). The molecule has 2 heterocycles. The van der Waals surface area contributed by atoms with Crippen molar-refractivity contribution in [1.82, 2.24) is 5.32 Å². The number of carbonyl (C=O) groups is 2. The maximum atomic E-state index is 13.0. The summed E-state index contributed by atoms with van der Waals surface area (Å²) in [6.45, 7) is 13.0. The van der Waals surface area contributed by atoms with Gasteiger partial charge in [0, 0.05) is 17.3 Å². The van der Waals surface area contributed by atoms with Crippen LogP contribution in [0.4, 0.5) is 0 Å². The summed E-state index contributed by atoms with van der Waals surface area (Å²) in [6, 6.07) is 5.38. The molecule has 2 unspecified atom stereocenters. The molecule has 2 aliphatic heterocycles. The molecule has 2 atom stereocenters. The van der Waals surface area contributed by atoms with Gasteiger partial charge in [-0.25, -0.2) is 4.79 Å². The quantitative estimate of drug-likeness (QED) is 0.757. The lowest BCUT2D eigenvalue weighted by molar-refractivity contribution is -0.152. The van der Waals surface area contributed by atoms with E-state index in [9.17, 15) is 9.59 Å². The molecule has 0 spiro atoms. The molecule has 7 heteroatoms. The number of fused-ring (bicyclic) bond motifs is 1. The summed E-state index contributed by atoms with van der Waals surface area (Å²) >= 11 is 0. The average molecular weight is 401 g/mol. The van der Waals surface area contributed by atoms with Gasteiger partial charge in [-0.2, -0.15) is 0 Å². The van der Waals surface area contributed by atoms with Crippen LogP contribution in [-0.4, -0.2) is 30.9 Å². The number of benzene rings is 1. The van der Waals surface area contributed by atoms with Gasteiger partial charge >= 0.3 is 11.9 Å². The Morgan fingerprint density at radius 3 is 2.41 bits per heavy atom. The normalized spacial score (nSPS) is 20.7. The van der Waals surface area contributed by atoms with Crippen LogP contribution in [0.3, 0.4) is 0 Å². The fraction of sp³-hybridized carbons (Fsp3) is 0.455. The Kier molecular flexibility index (Phi) is 5.86. The topological polar surface area (TPSA) is 83.1 Å². The molecule has 0 bridgehead atoms. The summed E-state index contributed by atoms with van der Waals surface area (Å²) in [5.74, 6) is -1.18. The Morgan fingerprint density at radius 2 is 1.76 bits per heavy atom. The van der Waals surface area contributed by atoms with E-state index in [1.807, 2.05) is 6.07 Å². The third-order valence-corrected chi connectivity index (χ3v) is 4.70. The van der Waals surface area contributed by atoms with E-state index in [1.165, 1.54) is 0 Å². The number of hydrogen-bond acceptors (Lipinski definition) is 7. The number of rotatable bonds is 5. The predicted molar refractivity (Wildman–Crippen MR) is 106 cm³/mol. The van der Waals surface area contributed by atoms with E-state index in [1.54, 1.807) is 46.8 Å². The van der Waals surface area contributed by atoms with Gasteiger partial charge in [0.1, 0.15) is 5.92 Å². The number of carbonyl (C=O) groups excluding carboxylic acids is 2. The second kappa shape index (κ2) is 8.19. The first kappa shape index (κ1) is 20.8. The molecule has 0 fully saturated rings. The SMILES string of the molecule is C=C1NC(C)=C(C(=O)OC(C)C)C(c2ccc3c(c2)OCO3)C1C(=O)OC(C)C. The molecule has 156 valence electrons. The zero-order chi connectivity index (χ0) is 21.3. The molecule has 0 amide bonds. The monoisotopic (exact) mass is 401 g/mol. The third-order valence-electron chi connectivity index (χ3n) is 4.70. The smallest absolute Gasteiger partial charge is 0.336 e. The molecular formula is C22H27NO6. The van der Waals surface area contributed by atoms with E-state index >= 15 is 0 Å². The number of allylic oxidation sites excluding steroid dienone is 1. The minimum atomic E-state index is -0.795. The van der Waals surface area contributed by atoms with Crippen molar-refractivity contribution in [3.63, 3.8) is 0 Å². The predicted octanol–water partition coefficient (Wildman–Crippen LogP) is 3.41. The summed E-state index contributed by atoms with van der Waals surface area (Å²) in [4.78, 5) is 26.0. The van der Waals surface area contributed by atoms with E-state index < -0.39 is 23.8 Å². The zero-order valence-electron chi connectivity index (χ0n) is 17.4. The highest BCUT2D eigenvalue weighted by Gasteiger charge is 2.43. The van der Waals surface area contributed by atoms with E-state index in [-0.39, 0.29) is 19.0 Å². The first-order valence-corrected chi connectivity index (χ1v) is 9.66. The van der Waals surface area contributed by atoms with Crippen LogP contribution < -0.4 is 14.8 Å². The van der Waals surface area contributed by atoms with Gasteiger partial charge in [-0.15, -0.1) is 0 Å². The van der Waals surface area contributed by atoms with Gasteiger partial charge < -0.3 is 24.3 Å². The van der Waals surface area contributed by atoms with Gasteiger partial charge in [0.15, 0.2) is 11.5 Å². The van der Waals surface area contributed by atoms with Crippen molar-refractivity contribution in [2.45, 2.75) is 52.7 Å². The van der Waals surface area contributed by atoms with Gasteiger partial charge in [0.25, 0.3) is 0 Å². The summed E-state index contributed by atoms with van der Waals surface area (Å²) in [5.41, 5.74) is 2.15. The van der Waals surface area contributed by atoms with Crippen LogP contribution in [0.15, 0.2) is 41.7 Å². The minimum absolute atomic E-state index is 0.133. The number of esters is 2. The van der Waals surface area contributed by atoms with Crippen molar-refractivity contribution >= 4 is 11.9 Å². The van der Waals surface area contributed by atoms with Gasteiger partial charge in [-0.1, -0.05) is 12.6 Å². The van der Waals surface area contributed by atoms with Crippen molar-refractivity contribution in [3.05, 3.63) is 47.3 Å². The van der Waals surface area contributed by atoms with Crippen LogP contribution in [-0.2, 0) is 19.1 Å². The maximum Gasteiger partial charge on any atom is 0.336 e. The molecule has 0 aliphatic carbocycles. The van der Waals surface area contributed by atoms with E-state index in [4.69, 9.17) is 18.9 Å². The second-order valence-corrected chi connectivity index (χ2v) is 7.70. The minimum Gasteiger partial charge on any atom is -0.462 e. The largest absolute Gasteiger partial charge is 0.462 e. The van der Waals surface area contributed by atoms with Crippen LogP contribution in [0.5, 0.6) is 11.5 Å². The van der Waals surface area contributed by atoms with Gasteiger partial charge in [-0.05, 0) is 52.3 Å². The highest BCUT2D eigenvalue weighted by atomic mass is 16.7. The lowest BCUT2D eigenvalue weighted by Crippen LogP contribution is -2.40. The molecule has 0 radical (unpaired) electrons. The first-order valence-electron chi connectivity index (χ1n) is 9.66. The Hall–Kier alpha value is -2.96. The zero-order valence-corrected chi connectivity index (χ0v) is 17.4. The Morgan fingerprint density at radius 1 is 1.10 bits per heavy atom. The molecule has 2 aliphatic rings. The second-order valence-electron chi connectivity index (χ2n) is 7.70. The van der Waals surface area contributed by atoms with E-state index in [0.29, 0.717) is 28.5 Å². The maximum absolute atomic E-state index is 13.0. The summed E-state index contributed by atoms with van der Waals surface area (Å²) in [5, 5.41) is 3.07. The summed E-state index contributed by atoms with van der Waals surface area (Å²) < 4.78 is 21.8. The fourth-order valence-corrected chi connectivity index (χ4v) is 3.59. The lowest BCUT2D eigenvalue weighted by atomic mass is 9.75. The summed E-state index contributed by atoms with van der Waals surface area (Å²) in [7, 11) is 0. The number of ether oxygens (including phenoxy) is 4. The van der Waals surface area contributed by atoms with Crippen LogP contribution in [0.2, 0.25) is 0 Å². The molecule has 29 heavy (non-hydrogen) atoms. The van der Waals surface area contributed by atoms with Gasteiger partial charge in [-0.3, -0.25) is 4.79 Å². The highest BCUT2D eigenvalue weighted by molar-refractivity contribution is 5.94. The summed E-state index contributed by atoms with van der Waals surface area (Å²) in [6.07, 6.45) is -0.600. The molecule has 0 saturated heterocycles. The van der Waals surface area contributed by atoms with E-state index in [0.717, 1.165) is 5.56 Å². The first-order chi connectivity index (χ1) is 13.7. The number of hydrogen-bond donors (Lipinski definition) is 1. The molecule has 1 aromatic carbocycles. The third kappa shape index (κ3) is 4.23. The molecule has 0 aromatic heterocycles. The van der Waals surface area contributed by atoms with Gasteiger partial charge in [0.2, 0.25) is 6.79 Å². The highest BCUT2D eigenvalue weighted by Crippen LogP contribution is 2.44. The Labute approximate surface area is 170 Å². The van der Waals surface area contributed by atoms with E-state index in [2.05, 4.69) is 11.9 Å². The van der Waals surface area contributed by atoms with Crippen LogP contribution in [0.1, 0.15) is 46.1 Å². The van der Waals surface area contributed by atoms with Crippen molar-refractivity contribution in [1.29, 1.82) is 0 Å². The van der Waals surface area contributed by atoms with Crippen LogP contribution in [0.25, 0.3) is 0 Å². The molecule has 7 nitrogen and oxygen atoms in total. The van der Waals surface area contributed by atoms with Crippen LogP contribution >= 0.6 is 0 Å². The lowest BCUT2D eigenvalue weighted by Gasteiger charge is -2.35. The van der Waals surface area contributed by atoms with Crippen LogP contribution in [0, 0.1) is 5.92 Å². The molecule has 1 aromatic rings. The van der Waals surface area contributed by atoms with Crippen molar-refractivity contribution in [2.75, 3.05) is 6.79 Å². The van der Waals surface area contributed by atoms with Crippen molar-refractivity contribution in [3.8, 4) is 11.5 Å². The fourth-order valence-electron chi connectivity index (χ4n) is 3.59. The number of nitrogens with one attached hydrogen (secondary N) is 1. The molecule has 0 saturated carbocycles. The van der Waals surface area contributed by atoms with Crippen molar-refractivity contribution < 1.29 is 28.5 Å². The average Bonchev–Trinajstić information content (AvgIpc) is 3.07. The van der Waals surface area contributed by atoms with Gasteiger partial charge in [0.05, 0.1) is 17.8 Å². The molecule has 1 N–H and O–H groups in total. The van der Waals surface area contributed by atoms with Crippen molar-refractivity contribution in [2.24, 2.45) is 5.92 Å². The molecular weight excluding hydrogens is 374 g/mol.